The number of anilines is 1. The molecular weight excluding hydrogens is 532 g/mol. The highest BCUT2D eigenvalue weighted by atomic mass is 35.5. The Morgan fingerprint density at radius 2 is 1.54 bits per heavy atom. The molecule has 0 aliphatic rings. The lowest BCUT2D eigenvalue weighted by atomic mass is 10.2. The standard InChI is InChI=1S/C30H31ClN4O3S/c1-20-6-11-26(12-7-20)35-23(4)16-25(24(35)5)18-32-33-30(36)19-34(27-13-10-22(3)29(31)17-27)39(37,38)28-14-8-21(2)9-15-28/h6-18H,19H2,1-5H3,(H,33,36)/b32-18-. The topological polar surface area (TPSA) is 83.8 Å². The van der Waals surface area contributed by atoms with Crippen LogP contribution >= 0.6 is 11.6 Å². The van der Waals surface area contributed by atoms with Crippen LogP contribution in [0.25, 0.3) is 5.69 Å². The molecule has 1 amide bonds. The third-order valence-electron chi connectivity index (χ3n) is 6.49. The first-order chi connectivity index (χ1) is 18.5. The average Bonchev–Trinajstić information content (AvgIpc) is 3.17. The number of hydrazone groups is 1. The van der Waals surface area contributed by atoms with Crippen LogP contribution in [0.1, 0.15) is 33.6 Å². The molecule has 9 heteroatoms. The van der Waals surface area contributed by atoms with E-state index < -0.39 is 22.5 Å². The fourth-order valence-corrected chi connectivity index (χ4v) is 5.83. The number of hydrogen-bond acceptors (Lipinski definition) is 4. The maximum absolute atomic E-state index is 13.6. The van der Waals surface area contributed by atoms with Gasteiger partial charge in [-0.2, -0.15) is 5.10 Å². The molecule has 0 saturated heterocycles. The molecular formula is C30H31ClN4O3S. The lowest BCUT2D eigenvalue weighted by Crippen LogP contribution is -2.39. The number of aromatic nitrogens is 1. The number of nitrogens with one attached hydrogen (secondary N) is 1. The molecule has 1 aromatic heterocycles. The van der Waals surface area contributed by atoms with E-state index in [9.17, 15) is 13.2 Å². The van der Waals surface area contributed by atoms with Gasteiger partial charge in [0.2, 0.25) is 0 Å². The normalized spacial score (nSPS) is 11.6. The fraction of sp³-hybridized carbons (Fsp3) is 0.200. The van der Waals surface area contributed by atoms with Crippen LogP contribution in [0, 0.1) is 34.6 Å². The van der Waals surface area contributed by atoms with Gasteiger partial charge in [0.25, 0.3) is 15.9 Å². The first-order valence-electron chi connectivity index (χ1n) is 12.4. The summed E-state index contributed by atoms with van der Waals surface area (Å²) in [6.07, 6.45) is 1.56. The highest BCUT2D eigenvalue weighted by Crippen LogP contribution is 2.28. The van der Waals surface area contributed by atoms with Crippen molar-refractivity contribution in [3.63, 3.8) is 0 Å². The second kappa shape index (κ2) is 11.5. The number of amides is 1. The van der Waals surface area contributed by atoms with Crippen LogP contribution in [0.4, 0.5) is 5.69 Å². The van der Waals surface area contributed by atoms with Crippen molar-refractivity contribution in [2.45, 2.75) is 39.5 Å². The number of carbonyl (C=O) groups is 1. The minimum atomic E-state index is -4.06. The molecule has 0 atom stereocenters. The monoisotopic (exact) mass is 562 g/mol. The van der Waals surface area contributed by atoms with E-state index in [4.69, 9.17) is 11.6 Å². The molecule has 4 rings (SSSR count). The molecule has 0 spiro atoms. The highest BCUT2D eigenvalue weighted by Gasteiger charge is 2.27. The maximum atomic E-state index is 13.6. The van der Waals surface area contributed by atoms with Crippen molar-refractivity contribution < 1.29 is 13.2 Å². The number of hydrogen-bond donors (Lipinski definition) is 1. The van der Waals surface area contributed by atoms with Gasteiger partial charge in [-0.25, -0.2) is 13.8 Å². The van der Waals surface area contributed by atoms with Gasteiger partial charge in [-0.15, -0.1) is 0 Å². The maximum Gasteiger partial charge on any atom is 0.264 e. The Bertz CT molecular complexity index is 1640. The van der Waals surface area contributed by atoms with E-state index in [1.165, 1.54) is 17.7 Å². The number of benzene rings is 3. The molecule has 0 aliphatic carbocycles. The van der Waals surface area contributed by atoms with Gasteiger partial charge in [0.15, 0.2) is 0 Å². The fourth-order valence-electron chi connectivity index (χ4n) is 4.24. The molecule has 0 radical (unpaired) electrons. The second-order valence-corrected chi connectivity index (χ2v) is 11.8. The molecule has 0 unspecified atom stereocenters. The van der Waals surface area contributed by atoms with Gasteiger partial charge in [-0.1, -0.05) is 53.1 Å². The summed E-state index contributed by atoms with van der Waals surface area (Å²) in [5.74, 6) is -0.592. The Balaban J connectivity index is 1.57. The van der Waals surface area contributed by atoms with Gasteiger partial charge in [-0.05, 0) is 82.6 Å². The van der Waals surface area contributed by atoms with E-state index >= 15 is 0 Å². The molecule has 7 nitrogen and oxygen atoms in total. The summed E-state index contributed by atoms with van der Waals surface area (Å²) in [6, 6.07) is 21.6. The van der Waals surface area contributed by atoms with Gasteiger partial charge < -0.3 is 4.57 Å². The number of aryl methyl sites for hydroxylation is 4. The van der Waals surface area contributed by atoms with Gasteiger partial charge in [-0.3, -0.25) is 9.10 Å². The summed E-state index contributed by atoms with van der Waals surface area (Å²) < 4.78 is 30.3. The molecule has 0 saturated carbocycles. The Morgan fingerprint density at radius 1 is 0.923 bits per heavy atom. The van der Waals surface area contributed by atoms with Crippen LogP contribution in [0.3, 0.4) is 0 Å². The van der Waals surface area contributed by atoms with Gasteiger partial charge in [0.1, 0.15) is 6.54 Å². The van der Waals surface area contributed by atoms with Crippen molar-refractivity contribution >= 4 is 39.4 Å². The number of carbonyl (C=O) groups excluding carboxylic acids is 1. The van der Waals surface area contributed by atoms with Crippen molar-refractivity contribution in [3.05, 3.63) is 111 Å². The van der Waals surface area contributed by atoms with Crippen molar-refractivity contribution in [3.8, 4) is 5.69 Å². The smallest absolute Gasteiger partial charge is 0.264 e. The van der Waals surface area contributed by atoms with E-state index in [1.54, 1.807) is 36.5 Å². The van der Waals surface area contributed by atoms with Crippen LogP contribution in [-0.4, -0.2) is 31.7 Å². The van der Waals surface area contributed by atoms with Crippen LogP contribution in [0.15, 0.2) is 82.8 Å². The van der Waals surface area contributed by atoms with Crippen molar-refractivity contribution in [2.75, 3.05) is 10.8 Å². The van der Waals surface area contributed by atoms with Crippen molar-refractivity contribution in [2.24, 2.45) is 5.10 Å². The Kier molecular flexibility index (Phi) is 8.28. The predicted molar refractivity (Wildman–Crippen MR) is 158 cm³/mol. The molecule has 39 heavy (non-hydrogen) atoms. The van der Waals surface area contributed by atoms with Crippen molar-refractivity contribution in [1.29, 1.82) is 0 Å². The predicted octanol–water partition coefficient (Wildman–Crippen LogP) is 6.02. The third-order valence-corrected chi connectivity index (χ3v) is 8.69. The first kappa shape index (κ1) is 28.1. The van der Waals surface area contributed by atoms with E-state index in [0.29, 0.717) is 5.02 Å². The molecule has 1 heterocycles. The van der Waals surface area contributed by atoms with Crippen LogP contribution in [0.2, 0.25) is 5.02 Å². The summed E-state index contributed by atoms with van der Waals surface area (Å²) in [4.78, 5) is 13.0. The molecule has 202 valence electrons. The van der Waals surface area contributed by atoms with Gasteiger partial charge in [0.05, 0.1) is 16.8 Å². The first-order valence-corrected chi connectivity index (χ1v) is 14.2. The Labute approximate surface area is 234 Å². The molecule has 4 aromatic rings. The van der Waals surface area contributed by atoms with E-state index in [0.717, 1.165) is 38.1 Å². The zero-order chi connectivity index (χ0) is 28.3. The van der Waals surface area contributed by atoms with E-state index in [2.05, 4.69) is 39.4 Å². The molecule has 1 N–H and O–H groups in total. The molecule has 3 aromatic carbocycles. The number of halogens is 1. The number of sulfonamides is 1. The molecule has 0 bridgehead atoms. The van der Waals surface area contributed by atoms with E-state index in [-0.39, 0.29) is 10.6 Å². The second-order valence-electron chi connectivity index (χ2n) is 9.55. The Hall–Kier alpha value is -3.88. The molecule has 0 aliphatic heterocycles. The zero-order valence-corrected chi connectivity index (χ0v) is 24.1. The summed E-state index contributed by atoms with van der Waals surface area (Å²) in [6.45, 7) is 9.24. The van der Waals surface area contributed by atoms with Crippen LogP contribution in [-0.2, 0) is 14.8 Å². The average molecular weight is 563 g/mol. The quantitative estimate of drug-likeness (QED) is 0.210. The van der Waals surface area contributed by atoms with E-state index in [1.807, 2.05) is 40.7 Å². The SMILES string of the molecule is Cc1ccc(-n2c(C)cc(/C=N\NC(=O)CN(c3ccc(C)c(Cl)c3)S(=O)(=O)c3ccc(C)cc3)c2C)cc1. The summed E-state index contributed by atoms with van der Waals surface area (Å²) >= 11 is 6.30. The number of rotatable bonds is 8. The summed E-state index contributed by atoms with van der Waals surface area (Å²) in [5.41, 5.74) is 9.52. The minimum absolute atomic E-state index is 0.0737. The minimum Gasteiger partial charge on any atom is -0.318 e. The number of nitrogens with zero attached hydrogens (tertiary/aromatic N) is 3. The lowest BCUT2D eigenvalue weighted by molar-refractivity contribution is -0.119. The van der Waals surface area contributed by atoms with Crippen LogP contribution in [0.5, 0.6) is 0 Å². The van der Waals surface area contributed by atoms with Gasteiger partial charge in [0, 0.05) is 27.7 Å². The van der Waals surface area contributed by atoms with Crippen LogP contribution < -0.4 is 9.73 Å². The highest BCUT2D eigenvalue weighted by molar-refractivity contribution is 7.92. The third kappa shape index (κ3) is 6.24. The van der Waals surface area contributed by atoms with Gasteiger partial charge >= 0.3 is 0 Å². The summed E-state index contributed by atoms with van der Waals surface area (Å²) in [5, 5.41) is 4.53. The Morgan fingerprint density at radius 3 is 2.15 bits per heavy atom. The zero-order valence-electron chi connectivity index (χ0n) is 22.6. The van der Waals surface area contributed by atoms with Crippen molar-refractivity contribution in [1.82, 2.24) is 9.99 Å². The summed E-state index contributed by atoms with van der Waals surface area (Å²) in [7, 11) is -4.06. The lowest BCUT2D eigenvalue weighted by Gasteiger charge is -2.24. The largest absolute Gasteiger partial charge is 0.318 e. The molecule has 0 fully saturated rings.